The number of hydrogen-bond donors (Lipinski definition) is 0. The minimum atomic E-state index is 0.895. The molecule has 1 aromatic heterocycles. The minimum Gasteiger partial charge on any atom is -0.456 e. The van der Waals surface area contributed by atoms with E-state index in [1.165, 1.54) is 78.0 Å². The highest BCUT2D eigenvalue weighted by atomic mass is 16.3. The Labute approximate surface area is 313 Å². The number of para-hydroxylation sites is 1. The Kier molecular flexibility index (Phi) is 6.20. The first kappa shape index (κ1) is 29.7. The van der Waals surface area contributed by atoms with Crippen LogP contribution in [-0.4, -0.2) is 0 Å². The van der Waals surface area contributed by atoms with Crippen LogP contribution in [0.4, 0.5) is 17.1 Å². The van der Waals surface area contributed by atoms with Crippen LogP contribution in [0.2, 0.25) is 0 Å². The molecule has 0 saturated heterocycles. The molecule has 0 atom stereocenters. The lowest BCUT2D eigenvalue weighted by atomic mass is 9.90. The summed E-state index contributed by atoms with van der Waals surface area (Å²) < 4.78 is 6.28. The number of nitrogens with zero attached hydrogens (tertiary/aromatic N) is 1. The van der Waals surface area contributed by atoms with Crippen molar-refractivity contribution in [2.24, 2.45) is 0 Å². The highest BCUT2D eigenvalue weighted by molar-refractivity contribution is 6.13. The largest absolute Gasteiger partial charge is 0.456 e. The van der Waals surface area contributed by atoms with Crippen molar-refractivity contribution in [2.75, 3.05) is 4.90 Å². The van der Waals surface area contributed by atoms with Crippen molar-refractivity contribution < 1.29 is 4.42 Å². The number of furan rings is 1. The number of allylic oxidation sites excluding steroid dienone is 1. The molecular weight excluding hydrogens is 655 g/mol. The van der Waals surface area contributed by atoms with Crippen molar-refractivity contribution >= 4 is 44.6 Å². The molecule has 0 unspecified atom stereocenters. The molecule has 3 aliphatic carbocycles. The van der Waals surface area contributed by atoms with Gasteiger partial charge in [0.05, 0.1) is 5.69 Å². The summed E-state index contributed by atoms with van der Waals surface area (Å²) in [5.74, 6) is 0. The molecule has 0 fully saturated rings. The lowest BCUT2D eigenvalue weighted by molar-refractivity contribution is 0.669. The number of rotatable bonds is 4. The molecule has 0 radical (unpaired) electrons. The van der Waals surface area contributed by atoms with Gasteiger partial charge >= 0.3 is 0 Å². The van der Waals surface area contributed by atoms with E-state index in [1.54, 1.807) is 0 Å². The van der Waals surface area contributed by atoms with E-state index in [9.17, 15) is 0 Å². The molecule has 12 rings (SSSR count). The SMILES string of the molecule is C1=C2c3ccccc3-c3ccc(N(c4ccc(-c5cccc6oc7ccccc7c56)cc4)c4ccc5c(c4)-c4ccccc4C5)c(c32)-c2ccccc2C1. The van der Waals surface area contributed by atoms with Crippen LogP contribution in [-0.2, 0) is 12.8 Å². The van der Waals surface area contributed by atoms with Crippen LogP contribution >= 0.6 is 0 Å². The van der Waals surface area contributed by atoms with E-state index in [-0.39, 0.29) is 0 Å². The number of fused-ring (bicyclic) bond motifs is 11. The molecule has 0 N–H and O–H groups in total. The van der Waals surface area contributed by atoms with Gasteiger partial charge in [-0.3, -0.25) is 0 Å². The first-order valence-electron chi connectivity index (χ1n) is 18.9. The van der Waals surface area contributed by atoms with Crippen LogP contribution in [0.5, 0.6) is 0 Å². The van der Waals surface area contributed by atoms with Crippen molar-refractivity contribution in [3.8, 4) is 44.5 Å². The molecule has 0 aliphatic heterocycles. The van der Waals surface area contributed by atoms with Crippen LogP contribution in [0.1, 0.15) is 27.8 Å². The first-order valence-corrected chi connectivity index (χ1v) is 18.9. The molecule has 0 saturated carbocycles. The van der Waals surface area contributed by atoms with Crippen LogP contribution < -0.4 is 4.90 Å². The molecule has 3 aliphatic rings. The van der Waals surface area contributed by atoms with Gasteiger partial charge in [0.2, 0.25) is 0 Å². The zero-order chi connectivity index (χ0) is 35.3. The van der Waals surface area contributed by atoms with Gasteiger partial charge in [-0.2, -0.15) is 0 Å². The number of anilines is 3. The van der Waals surface area contributed by atoms with Crippen LogP contribution in [0.15, 0.2) is 180 Å². The van der Waals surface area contributed by atoms with Gasteiger partial charge in [0.15, 0.2) is 0 Å². The van der Waals surface area contributed by atoms with Crippen LogP contribution in [0.3, 0.4) is 0 Å². The zero-order valence-electron chi connectivity index (χ0n) is 29.5. The summed E-state index contributed by atoms with van der Waals surface area (Å²) in [6, 6.07) is 62.5. The lowest BCUT2D eigenvalue weighted by Crippen LogP contribution is -2.12. The van der Waals surface area contributed by atoms with E-state index >= 15 is 0 Å². The van der Waals surface area contributed by atoms with E-state index in [0.717, 1.165) is 51.7 Å². The van der Waals surface area contributed by atoms with Crippen molar-refractivity contribution in [3.05, 3.63) is 204 Å². The van der Waals surface area contributed by atoms with Gasteiger partial charge in [0, 0.05) is 27.7 Å². The summed E-state index contributed by atoms with van der Waals surface area (Å²) in [6.07, 6.45) is 4.32. The van der Waals surface area contributed by atoms with Crippen molar-refractivity contribution in [3.63, 3.8) is 0 Å². The lowest BCUT2D eigenvalue weighted by Gasteiger charge is -2.30. The fourth-order valence-corrected chi connectivity index (χ4v) is 9.49. The second-order valence-corrected chi connectivity index (χ2v) is 14.7. The fourth-order valence-electron chi connectivity index (χ4n) is 9.49. The molecule has 0 bridgehead atoms. The predicted octanol–water partition coefficient (Wildman–Crippen LogP) is 13.9. The Bertz CT molecular complexity index is 3050. The molecule has 9 aromatic rings. The number of benzene rings is 8. The third-order valence-corrected chi connectivity index (χ3v) is 11.9. The van der Waals surface area contributed by atoms with Crippen LogP contribution in [0.25, 0.3) is 72.0 Å². The summed E-state index contributed by atoms with van der Waals surface area (Å²) >= 11 is 0. The Hall–Kier alpha value is -6.90. The summed E-state index contributed by atoms with van der Waals surface area (Å²) in [4.78, 5) is 2.50. The van der Waals surface area contributed by atoms with E-state index in [2.05, 4.69) is 175 Å². The quantitative estimate of drug-likeness (QED) is 0.183. The van der Waals surface area contributed by atoms with Gasteiger partial charge in [0.25, 0.3) is 0 Å². The third-order valence-electron chi connectivity index (χ3n) is 11.9. The second kappa shape index (κ2) is 11.3. The maximum absolute atomic E-state index is 6.28. The predicted molar refractivity (Wildman–Crippen MR) is 224 cm³/mol. The van der Waals surface area contributed by atoms with Gasteiger partial charge < -0.3 is 9.32 Å². The highest BCUT2D eigenvalue weighted by Crippen LogP contribution is 2.55. The first-order chi connectivity index (χ1) is 26.8. The Morgan fingerprint density at radius 2 is 1.11 bits per heavy atom. The standard InChI is InChI=1S/C52H33NO/c1-4-13-40-32(10-1)23-27-43-41-14-5-6-15-42(41)44-28-29-47(52(40)51(43)44)53(37-26-22-35-30-34-11-2-3-12-38(34)46(35)31-37)36-24-20-33(21-25-36)39-17-9-19-49-50(39)45-16-7-8-18-48(45)54-49/h1-22,24-29,31H,23,30H2. The second-order valence-electron chi connectivity index (χ2n) is 14.7. The summed E-state index contributed by atoms with van der Waals surface area (Å²) in [5.41, 5.74) is 23.6. The maximum atomic E-state index is 6.28. The summed E-state index contributed by atoms with van der Waals surface area (Å²) in [5, 5.41) is 2.30. The molecule has 252 valence electrons. The maximum Gasteiger partial charge on any atom is 0.136 e. The molecule has 0 spiro atoms. The smallest absolute Gasteiger partial charge is 0.136 e. The van der Waals surface area contributed by atoms with Gasteiger partial charge in [0.1, 0.15) is 11.2 Å². The third kappa shape index (κ3) is 4.22. The molecular formula is C52H33NO. The van der Waals surface area contributed by atoms with Crippen molar-refractivity contribution in [1.29, 1.82) is 0 Å². The summed E-state index contributed by atoms with van der Waals surface area (Å²) in [7, 11) is 0. The monoisotopic (exact) mass is 687 g/mol. The molecule has 1 heterocycles. The normalized spacial score (nSPS) is 13.1. The molecule has 54 heavy (non-hydrogen) atoms. The van der Waals surface area contributed by atoms with E-state index < -0.39 is 0 Å². The minimum absolute atomic E-state index is 0.895. The zero-order valence-corrected chi connectivity index (χ0v) is 29.5. The average molecular weight is 688 g/mol. The van der Waals surface area contributed by atoms with E-state index in [4.69, 9.17) is 4.42 Å². The Morgan fingerprint density at radius 1 is 0.426 bits per heavy atom. The van der Waals surface area contributed by atoms with E-state index in [0.29, 0.717) is 0 Å². The average Bonchev–Trinajstić information content (AvgIpc) is 3.86. The van der Waals surface area contributed by atoms with E-state index in [1.807, 2.05) is 6.07 Å². The fraction of sp³-hybridized carbons (Fsp3) is 0.0385. The van der Waals surface area contributed by atoms with Crippen LogP contribution in [0, 0.1) is 0 Å². The summed E-state index contributed by atoms with van der Waals surface area (Å²) in [6.45, 7) is 0. The number of hydrogen-bond acceptors (Lipinski definition) is 2. The van der Waals surface area contributed by atoms with Gasteiger partial charge in [-0.25, -0.2) is 0 Å². The Morgan fingerprint density at radius 3 is 2.00 bits per heavy atom. The van der Waals surface area contributed by atoms with Gasteiger partial charge in [-0.15, -0.1) is 0 Å². The van der Waals surface area contributed by atoms with Gasteiger partial charge in [-0.05, 0) is 128 Å². The van der Waals surface area contributed by atoms with Gasteiger partial charge in [-0.1, -0.05) is 133 Å². The highest BCUT2D eigenvalue weighted by Gasteiger charge is 2.32. The van der Waals surface area contributed by atoms with Crippen molar-refractivity contribution in [2.45, 2.75) is 12.8 Å². The topological polar surface area (TPSA) is 16.4 Å². The molecule has 2 heteroatoms. The Balaban J connectivity index is 1.10. The molecule has 2 nitrogen and oxygen atoms in total. The van der Waals surface area contributed by atoms with Crippen molar-refractivity contribution in [1.82, 2.24) is 0 Å². The molecule has 0 amide bonds. The molecule has 8 aromatic carbocycles.